The lowest BCUT2D eigenvalue weighted by Crippen LogP contribution is -2.44. The molecule has 3 N–H and O–H groups in total. The van der Waals surface area contributed by atoms with Gasteiger partial charge in [0.05, 0.1) is 17.1 Å². The van der Waals surface area contributed by atoms with Gasteiger partial charge in [-0.05, 0) is 43.8 Å². The molecule has 1 heterocycles. The van der Waals surface area contributed by atoms with Gasteiger partial charge in [0.15, 0.2) is 0 Å². The first-order chi connectivity index (χ1) is 12.0. The zero-order valence-corrected chi connectivity index (χ0v) is 14.4. The van der Waals surface area contributed by atoms with Crippen LogP contribution in [-0.2, 0) is 17.8 Å². The number of nitrogens with one attached hydrogen (secondary N) is 3. The van der Waals surface area contributed by atoms with Gasteiger partial charge in [-0.3, -0.25) is 9.69 Å². The van der Waals surface area contributed by atoms with E-state index in [1.807, 2.05) is 67.5 Å². The lowest BCUT2D eigenvalue weighted by molar-refractivity contribution is -0.125. The largest absolute Gasteiger partial charge is 0.351 e. The van der Waals surface area contributed by atoms with Crippen LogP contribution in [0.3, 0.4) is 0 Å². The second kappa shape index (κ2) is 7.36. The maximum atomic E-state index is 12.6. The summed E-state index contributed by atoms with van der Waals surface area (Å²) in [7, 11) is 3.81. The van der Waals surface area contributed by atoms with E-state index in [0.717, 1.165) is 22.2 Å². The van der Waals surface area contributed by atoms with E-state index in [0.29, 0.717) is 13.0 Å². The van der Waals surface area contributed by atoms with Gasteiger partial charge in [-0.15, -0.1) is 0 Å². The Bertz CT molecular complexity index is 912. The number of aromatic amines is 2. The molecule has 0 aliphatic rings. The molecule has 130 valence electrons. The van der Waals surface area contributed by atoms with Crippen molar-refractivity contribution in [2.45, 2.75) is 19.0 Å². The van der Waals surface area contributed by atoms with E-state index in [2.05, 4.69) is 15.3 Å². The van der Waals surface area contributed by atoms with Crippen molar-refractivity contribution in [3.05, 3.63) is 70.1 Å². The SMILES string of the molecule is CN(C)[C@@H](Cc1ccccc1)C(=O)NCc1ccc2[nH]c(=O)[nH]c2c1. The first kappa shape index (κ1) is 17.0. The first-order valence-electron chi connectivity index (χ1n) is 8.22. The Labute approximate surface area is 145 Å². The predicted octanol–water partition coefficient (Wildman–Crippen LogP) is 1.65. The second-order valence-electron chi connectivity index (χ2n) is 6.35. The molecule has 1 atom stereocenters. The molecule has 0 aliphatic heterocycles. The highest BCUT2D eigenvalue weighted by Crippen LogP contribution is 2.11. The molecule has 25 heavy (non-hydrogen) atoms. The van der Waals surface area contributed by atoms with Crippen molar-refractivity contribution < 1.29 is 4.79 Å². The van der Waals surface area contributed by atoms with Crippen LogP contribution < -0.4 is 11.0 Å². The molecule has 3 rings (SSSR count). The van der Waals surface area contributed by atoms with E-state index in [-0.39, 0.29) is 17.6 Å². The molecule has 1 aromatic heterocycles. The van der Waals surface area contributed by atoms with Crippen molar-refractivity contribution in [1.29, 1.82) is 0 Å². The number of H-pyrrole nitrogens is 2. The van der Waals surface area contributed by atoms with Crippen LogP contribution in [0, 0.1) is 0 Å². The lowest BCUT2D eigenvalue weighted by atomic mass is 10.0. The normalized spacial score (nSPS) is 12.4. The molecule has 0 aliphatic carbocycles. The summed E-state index contributed by atoms with van der Waals surface area (Å²) in [5.74, 6) is -0.0171. The molecule has 6 heteroatoms. The molecule has 3 aromatic rings. The van der Waals surface area contributed by atoms with Crippen molar-refractivity contribution in [1.82, 2.24) is 20.2 Å². The van der Waals surface area contributed by atoms with Crippen LogP contribution in [0.1, 0.15) is 11.1 Å². The van der Waals surface area contributed by atoms with Crippen LogP contribution in [0.5, 0.6) is 0 Å². The van der Waals surface area contributed by atoms with Crippen molar-refractivity contribution in [3.8, 4) is 0 Å². The van der Waals surface area contributed by atoms with Crippen molar-refractivity contribution in [2.24, 2.45) is 0 Å². The van der Waals surface area contributed by atoms with E-state index in [4.69, 9.17) is 0 Å². The highest BCUT2D eigenvalue weighted by molar-refractivity contribution is 5.82. The van der Waals surface area contributed by atoms with Crippen LogP contribution in [0.2, 0.25) is 0 Å². The third-order valence-electron chi connectivity index (χ3n) is 4.24. The average Bonchev–Trinajstić information content (AvgIpc) is 2.97. The Morgan fingerprint density at radius 3 is 2.48 bits per heavy atom. The quantitative estimate of drug-likeness (QED) is 0.639. The molecule has 0 unspecified atom stereocenters. The van der Waals surface area contributed by atoms with Crippen molar-refractivity contribution in [3.63, 3.8) is 0 Å². The summed E-state index contributed by atoms with van der Waals surface area (Å²) in [5, 5.41) is 2.99. The minimum atomic E-state index is -0.238. The second-order valence-corrected chi connectivity index (χ2v) is 6.35. The number of aromatic nitrogens is 2. The molecule has 1 amide bonds. The lowest BCUT2D eigenvalue weighted by Gasteiger charge is -2.23. The molecule has 0 radical (unpaired) electrons. The number of benzene rings is 2. The maximum Gasteiger partial charge on any atom is 0.323 e. The zero-order valence-electron chi connectivity index (χ0n) is 14.4. The van der Waals surface area contributed by atoms with Crippen molar-refractivity contribution in [2.75, 3.05) is 14.1 Å². The fourth-order valence-corrected chi connectivity index (χ4v) is 2.84. The molecule has 0 saturated heterocycles. The summed E-state index contributed by atoms with van der Waals surface area (Å²) >= 11 is 0. The summed E-state index contributed by atoms with van der Waals surface area (Å²) in [6.07, 6.45) is 0.657. The van der Waals surface area contributed by atoms with Crippen LogP contribution >= 0.6 is 0 Å². The number of nitrogens with zero attached hydrogens (tertiary/aromatic N) is 1. The van der Waals surface area contributed by atoms with Gasteiger partial charge in [0.1, 0.15) is 0 Å². The van der Waals surface area contributed by atoms with Gasteiger partial charge in [0.2, 0.25) is 5.91 Å². The smallest absolute Gasteiger partial charge is 0.323 e. The van der Waals surface area contributed by atoms with Crippen LogP contribution in [0.4, 0.5) is 0 Å². The number of likely N-dealkylation sites (N-methyl/N-ethyl adjacent to an activating group) is 1. The Hall–Kier alpha value is -2.86. The number of rotatable bonds is 6. The van der Waals surface area contributed by atoms with E-state index in [1.54, 1.807) is 0 Å². The molecule has 0 saturated carbocycles. The number of hydrogen-bond acceptors (Lipinski definition) is 3. The van der Waals surface area contributed by atoms with Gasteiger partial charge in [-0.2, -0.15) is 0 Å². The number of carbonyl (C=O) groups is 1. The van der Waals surface area contributed by atoms with Crippen molar-refractivity contribution >= 4 is 16.9 Å². The maximum absolute atomic E-state index is 12.6. The zero-order chi connectivity index (χ0) is 17.8. The van der Waals surface area contributed by atoms with E-state index in [1.165, 1.54) is 0 Å². The topological polar surface area (TPSA) is 81.0 Å². The third kappa shape index (κ3) is 4.16. The van der Waals surface area contributed by atoms with Gasteiger partial charge in [0.25, 0.3) is 0 Å². The highest BCUT2D eigenvalue weighted by Gasteiger charge is 2.20. The molecule has 2 aromatic carbocycles. The predicted molar refractivity (Wildman–Crippen MR) is 98.4 cm³/mol. The van der Waals surface area contributed by atoms with Gasteiger partial charge in [0, 0.05) is 6.54 Å². The third-order valence-corrected chi connectivity index (χ3v) is 4.24. The molecule has 0 fully saturated rings. The summed E-state index contributed by atoms with van der Waals surface area (Å²) in [6, 6.07) is 15.3. The van der Waals surface area contributed by atoms with Gasteiger partial charge >= 0.3 is 5.69 Å². The summed E-state index contributed by atoms with van der Waals surface area (Å²) in [6.45, 7) is 0.418. The number of carbonyl (C=O) groups excluding carboxylic acids is 1. The fraction of sp³-hybridized carbons (Fsp3) is 0.263. The van der Waals surface area contributed by atoms with Gasteiger partial charge in [-0.25, -0.2) is 4.79 Å². The van der Waals surface area contributed by atoms with E-state index in [9.17, 15) is 9.59 Å². The minimum absolute atomic E-state index is 0.0171. The van der Waals surface area contributed by atoms with Gasteiger partial charge in [-0.1, -0.05) is 36.4 Å². The monoisotopic (exact) mass is 338 g/mol. The van der Waals surface area contributed by atoms with Crippen LogP contribution in [0.25, 0.3) is 11.0 Å². The Morgan fingerprint density at radius 1 is 1.04 bits per heavy atom. The highest BCUT2D eigenvalue weighted by atomic mass is 16.2. The first-order valence-corrected chi connectivity index (χ1v) is 8.22. The Kier molecular flexibility index (Phi) is 5.00. The molecule has 0 bridgehead atoms. The molecule has 6 nitrogen and oxygen atoms in total. The number of hydrogen-bond donors (Lipinski definition) is 3. The minimum Gasteiger partial charge on any atom is -0.351 e. The number of fused-ring (bicyclic) bond motifs is 1. The standard InChI is InChI=1S/C19H22N4O2/c1-23(2)17(11-13-6-4-3-5-7-13)18(24)20-12-14-8-9-15-16(10-14)22-19(25)21-15/h3-10,17H,11-12H2,1-2H3,(H,20,24)(H2,21,22,25)/t17-/m0/s1. The fourth-order valence-electron chi connectivity index (χ4n) is 2.84. The number of amides is 1. The van der Waals surface area contributed by atoms with Crippen LogP contribution in [0.15, 0.2) is 53.3 Å². The van der Waals surface area contributed by atoms with E-state index >= 15 is 0 Å². The summed E-state index contributed by atoms with van der Waals surface area (Å²) < 4.78 is 0. The van der Waals surface area contributed by atoms with Gasteiger partial charge < -0.3 is 15.3 Å². The molecule has 0 spiro atoms. The number of imidazole rings is 1. The Morgan fingerprint density at radius 2 is 1.76 bits per heavy atom. The Balaban J connectivity index is 1.66. The van der Waals surface area contributed by atoms with Crippen LogP contribution in [-0.4, -0.2) is 40.9 Å². The molecular weight excluding hydrogens is 316 g/mol. The molecular formula is C19H22N4O2. The van der Waals surface area contributed by atoms with E-state index < -0.39 is 0 Å². The summed E-state index contributed by atoms with van der Waals surface area (Å²) in [5.41, 5.74) is 3.34. The summed E-state index contributed by atoms with van der Waals surface area (Å²) in [4.78, 5) is 31.3. The average molecular weight is 338 g/mol.